The van der Waals surface area contributed by atoms with E-state index in [9.17, 15) is 13.2 Å². The van der Waals surface area contributed by atoms with E-state index in [1.165, 1.54) is 6.92 Å². The quantitative estimate of drug-likeness (QED) is 0.549. The lowest BCUT2D eigenvalue weighted by Gasteiger charge is -1.96. The van der Waals surface area contributed by atoms with Crippen LogP contribution in [0.1, 0.15) is 33.3 Å². The molecule has 0 atom stereocenters. The highest BCUT2D eigenvalue weighted by Crippen LogP contribution is 2.12. The van der Waals surface area contributed by atoms with Crippen LogP contribution >= 0.6 is 0 Å². The molecule has 0 saturated carbocycles. The largest absolute Gasteiger partial charge is 0.207 e. The van der Waals surface area contributed by atoms with Crippen LogP contribution in [0.5, 0.6) is 0 Å². The maximum absolute atomic E-state index is 12.4. The van der Waals surface area contributed by atoms with Crippen molar-refractivity contribution in [2.45, 2.75) is 34.6 Å². The third kappa shape index (κ3) is 4.90. The van der Waals surface area contributed by atoms with Crippen LogP contribution in [0.4, 0.5) is 13.2 Å². The van der Waals surface area contributed by atoms with Crippen LogP contribution in [0.25, 0.3) is 0 Å². The Hall–Kier alpha value is -0.990. The van der Waals surface area contributed by atoms with Gasteiger partial charge in [-0.25, -0.2) is 13.2 Å². The van der Waals surface area contributed by atoms with Crippen molar-refractivity contribution < 1.29 is 13.2 Å². The van der Waals surface area contributed by atoms with Crippen LogP contribution in [0.2, 0.25) is 0 Å². The van der Waals surface area contributed by atoms with Crippen molar-refractivity contribution in [1.29, 1.82) is 0 Å². The molecule has 0 fully saturated rings. The molecule has 0 nitrogen and oxygen atoms in total. The topological polar surface area (TPSA) is 0 Å². The van der Waals surface area contributed by atoms with Gasteiger partial charge in [-0.3, -0.25) is 0 Å². The van der Waals surface area contributed by atoms with Crippen LogP contribution < -0.4 is 0 Å². The summed E-state index contributed by atoms with van der Waals surface area (Å²) in [5, 5.41) is 0. The van der Waals surface area contributed by atoms with E-state index in [1.807, 2.05) is 27.7 Å². The van der Waals surface area contributed by atoms with Gasteiger partial charge in [0.1, 0.15) is 5.82 Å². The molecule has 0 aliphatic carbocycles. The van der Waals surface area contributed by atoms with E-state index in [4.69, 9.17) is 0 Å². The molecule has 0 saturated heterocycles. The van der Waals surface area contributed by atoms with Crippen molar-refractivity contribution in [2.24, 2.45) is 0 Å². The fraction of sp³-hybridized carbons (Fsp3) is 0.455. The van der Waals surface area contributed by atoms with Gasteiger partial charge in [-0.1, -0.05) is 27.7 Å². The Bertz CT molecular complexity index is 234. The van der Waals surface area contributed by atoms with Crippen molar-refractivity contribution >= 4 is 0 Å². The van der Waals surface area contributed by atoms with Crippen LogP contribution in [0.15, 0.2) is 12.1 Å². The van der Waals surface area contributed by atoms with Crippen molar-refractivity contribution in [3.8, 4) is 0 Å². The molecule has 82 valence electrons. The first kappa shape index (κ1) is 15.5. The van der Waals surface area contributed by atoms with Crippen molar-refractivity contribution in [3.63, 3.8) is 0 Å². The van der Waals surface area contributed by atoms with Gasteiger partial charge in [0.15, 0.2) is 11.6 Å². The van der Waals surface area contributed by atoms with Crippen LogP contribution in [-0.2, 0) is 0 Å². The Morgan fingerprint density at radius 2 is 1.29 bits per heavy atom. The first-order valence-corrected chi connectivity index (χ1v) is 4.72. The van der Waals surface area contributed by atoms with Gasteiger partial charge >= 0.3 is 0 Å². The highest BCUT2D eigenvalue weighted by atomic mass is 19.2. The molecular formula is C11H17F3. The average Bonchev–Trinajstić information content (AvgIpc) is 2.20. The minimum absolute atomic E-state index is 0.0162. The fourth-order valence-corrected chi connectivity index (χ4v) is 0.685. The van der Waals surface area contributed by atoms with Gasteiger partial charge in [0.25, 0.3) is 0 Å². The number of halogens is 3. The molecule has 0 bridgehead atoms. The fourth-order valence-electron chi connectivity index (χ4n) is 0.685. The highest BCUT2D eigenvalue weighted by molar-refractivity contribution is 5.18. The Morgan fingerprint density at radius 3 is 1.64 bits per heavy atom. The second-order valence-electron chi connectivity index (χ2n) is 2.02. The molecule has 3 heteroatoms. The summed E-state index contributed by atoms with van der Waals surface area (Å²) < 4.78 is 36.8. The van der Waals surface area contributed by atoms with Gasteiger partial charge in [-0.05, 0) is 18.6 Å². The third-order valence-electron chi connectivity index (χ3n) is 1.17. The minimum atomic E-state index is -1.14. The zero-order chi connectivity index (χ0) is 11.7. The Labute approximate surface area is 83.8 Å². The first-order chi connectivity index (χ1) is 6.61. The van der Waals surface area contributed by atoms with Crippen LogP contribution in [-0.4, -0.2) is 0 Å². The summed E-state index contributed by atoms with van der Waals surface area (Å²) in [6.07, 6.45) is 0. The number of hydrogen-bond donors (Lipinski definition) is 0. The summed E-state index contributed by atoms with van der Waals surface area (Å²) in [5.74, 6) is -2.88. The summed E-state index contributed by atoms with van der Waals surface area (Å²) in [7, 11) is 0. The lowest BCUT2D eigenvalue weighted by molar-refractivity contribution is 0.489. The molecule has 0 aromatic heterocycles. The molecule has 14 heavy (non-hydrogen) atoms. The molecule has 0 aliphatic rings. The second-order valence-corrected chi connectivity index (χ2v) is 2.02. The van der Waals surface area contributed by atoms with Gasteiger partial charge in [0.2, 0.25) is 0 Å². The van der Waals surface area contributed by atoms with Crippen molar-refractivity contribution in [1.82, 2.24) is 0 Å². The summed E-state index contributed by atoms with van der Waals surface area (Å²) in [6, 6.07) is 1.46. The third-order valence-corrected chi connectivity index (χ3v) is 1.17. The maximum atomic E-state index is 12.4. The number of aryl methyl sites for hydroxylation is 1. The number of rotatable bonds is 0. The summed E-state index contributed by atoms with van der Waals surface area (Å²) >= 11 is 0. The van der Waals surface area contributed by atoms with Crippen LogP contribution in [0.3, 0.4) is 0 Å². The molecule has 0 radical (unpaired) electrons. The minimum Gasteiger partial charge on any atom is -0.207 e. The molecular weight excluding hydrogens is 189 g/mol. The monoisotopic (exact) mass is 206 g/mol. The zero-order valence-electron chi connectivity index (χ0n) is 9.29. The molecule has 0 spiro atoms. The predicted octanol–water partition coefficient (Wildman–Crippen LogP) is 4.46. The SMILES string of the molecule is CC.CC.Cc1cc(F)cc(F)c1F. The molecule has 0 heterocycles. The molecule has 0 N–H and O–H groups in total. The summed E-state index contributed by atoms with van der Waals surface area (Å²) in [6.45, 7) is 9.31. The molecule has 1 aromatic rings. The Morgan fingerprint density at radius 1 is 0.857 bits per heavy atom. The van der Waals surface area contributed by atoms with E-state index in [0.29, 0.717) is 6.07 Å². The molecule has 1 aromatic carbocycles. The van der Waals surface area contributed by atoms with E-state index in [0.717, 1.165) is 6.07 Å². The van der Waals surface area contributed by atoms with Gasteiger partial charge in [-0.2, -0.15) is 0 Å². The van der Waals surface area contributed by atoms with E-state index < -0.39 is 17.5 Å². The van der Waals surface area contributed by atoms with Gasteiger partial charge in [0, 0.05) is 6.07 Å². The van der Waals surface area contributed by atoms with Gasteiger partial charge in [-0.15, -0.1) is 0 Å². The number of hydrogen-bond acceptors (Lipinski definition) is 0. The molecule has 0 aliphatic heterocycles. The molecule has 0 amide bonds. The average molecular weight is 206 g/mol. The Balaban J connectivity index is 0. The lowest BCUT2D eigenvalue weighted by Crippen LogP contribution is -1.89. The maximum Gasteiger partial charge on any atom is 0.162 e. The van der Waals surface area contributed by atoms with E-state index in [2.05, 4.69) is 0 Å². The zero-order valence-corrected chi connectivity index (χ0v) is 9.29. The van der Waals surface area contributed by atoms with Gasteiger partial charge < -0.3 is 0 Å². The second kappa shape index (κ2) is 8.60. The normalized spacial score (nSPS) is 8.00. The molecule has 0 unspecified atom stereocenters. The van der Waals surface area contributed by atoms with Crippen molar-refractivity contribution in [3.05, 3.63) is 35.1 Å². The van der Waals surface area contributed by atoms with E-state index in [1.54, 1.807) is 0 Å². The van der Waals surface area contributed by atoms with Crippen LogP contribution in [0, 0.1) is 24.4 Å². The first-order valence-electron chi connectivity index (χ1n) is 4.72. The number of benzene rings is 1. The lowest BCUT2D eigenvalue weighted by atomic mass is 10.2. The van der Waals surface area contributed by atoms with Gasteiger partial charge in [0.05, 0.1) is 0 Å². The van der Waals surface area contributed by atoms with E-state index >= 15 is 0 Å². The smallest absolute Gasteiger partial charge is 0.162 e. The predicted molar refractivity (Wildman–Crippen MR) is 53.7 cm³/mol. The Kier molecular flexibility index (Phi) is 9.51. The standard InChI is InChI=1S/C7H5F3.2C2H6/c1-4-2-5(8)3-6(9)7(4)10;2*1-2/h2-3H,1H3;2*1-2H3. The van der Waals surface area contributed by atoms with Crippen molar-refractivity contribution in [2.75, 3.05) is 0 Å². The highest BCUT2D eigenvalue weighted by Gasteiger charge is 2.05. The van der Waals surface area contributed by atoms with E-state index in [-0.39, 0.29) is 5.56 Å². The molecule has 1 rings (SSSR count). The summed E-state index contributed by atoms with van der Waals surface area (Å²) in [4.78, 5) is 0. The summed E-state index contributed by atoms with van der Waals surface area (Å²) in [5.41, 5.74) is -0.0162.